The highest BCUT2D eigenvalue weighted by Crippen LogP contribution is 2.38. The number of amides is 2. The molecule has 33 heavy (non-hydrogen) atoms. The molecule has 0 aliphatic carbocycles. The summed E-state index contributed by atoms with van der Waals surface area (Å²) >= 11 is 6.15. The number of nitrogens with one attached hydrogen (secondary N) is 1. The molecule has 8 heteroatoms. The molecule has 3 aromatic carbocycles. The number of aryl methyl sites for hydroxylation is 1. The Hall–Kier alpha value is -3.84. The molecule has 6 nitrogen and oxygen atoms in total. The molecule has 0 fully saturated rings. The summed E-state index contributed by atoms with van der Waals surface area (Å²) in [4.78, 5) is 27.9. The van der Waals surface area contributed by atoms with E-state index in [0.29, 0.717) is 27.8 Å². The summed E-state index contributed by atoms with van der Waals surface area (Å²) in [5.41, 5.74) is 2.11. The van der Waals surface area contributed by atoms with Crippen LogP contribution in [0, 0.1) is 12.7 Å². The number of hydrogen-bond acceptors (Lipinski definition) is 5. The van der Waals surface area contributed by atoms with Crippen LogP contribution in [0.15, 0.2) is 66.4 Å². The number of halogens is 2. The second kappa shape index (κ2) is 8.96. The summed E-state index contributed by atoms with van der Waals surface area (Å²) in [5, 5.41) is 3.54. The van der Waals surface area contributed by atoms with Crippen molar-refractivity contribution in [3.05, 3.63) is 88.3 Å². The number of hydrogen-bond donors (Lipinski definition) is 1. The Kier molecular flexibility index (Phi) is 6.07. The van der Waals surface area contributed by atoms with Gasteiger partial charge in [0.2, 0.25) is 0 Å². The molecule has 0 bridgehead atoms. The summed E-state index contributed by atoms with van der Waals surface area (Å²) in [6.45, 7) is 1.85. The molecule has 0 spiro atoms. The summed E-state index contributed by atoms with van der Waals surface area (Å²) in [7, 11) is 2.98. The normalized spacial score (nSPS) is 13.5. The molecule has 168 valence electrons. The topological polar surface area (TPSA) is 67.9 Å². The van der Waals surface area contributed by atoms with Gasteiger partial charge in [-0.2, -0.15) is 0 Å². The highest BCUT2D eigenvalue weighted by Gasteiger charge is 2.40. The zero-order valence-electron chi connectivity index (χ0n) is 18.1. The molecule has 1 aliphatic heterocycles. The van der Waals surface area contributed by atoms with Crippen LogP contribution >= 0.6 is 11.6 Å². The molecular formula is C25H20ClFN2O4. The molecule has 0 radical (unpaired) electrons. The molecule has 0 atom stereocenters. The van der Waals surface area contributed by atoms with Crippen LogP contribution < -0.4 is 19.7 Å². The van der Waals surface area contributed by atoms with Gasteiger partial charge in [-0.15, -0.1) is 0 Å². The fraction of sp³-hybridized carbons (Fsp3) is 0.120. The van der Waals surface area contributed by atoms with E-state index in [1.54, 1.807) is 36.4 Å². The predicted octanol–water partition coefficient (Wildman–Crippen LogP) is 5.20. The Morgan fingerprint density at radius 2 is 1.67 bits per heavy atom. The lowest BCUT2D eigenvalue weighted by atomic mass is 10.0. The van der Waals surface area contributed by atoms with Gasteiger partial charge in [0, 0.05) is 10.7 Å². The molecule has 0 aromatic heterocycles. The number of anilines is 2. The van der Waals surface area contributed by atoms with Gasteiger partial charge in [-0.05, 0) is 60.5 Å². The number of imide groups is 1. The van der Waals surface area contributed by atoms with Crippen molar-refractivity contribution < 1.29 is 23.5 Å². The van der Waals surface area contributed by atoms with Gasteiger partial charge in [-0.3, -0.25) is 9.59 Å². The summed E-state index contributed by atoms with van der Waals surface area (Å²) in [6.07, 6.45) is 0. The number of carbonyl (C=O) groups is 2. The Bertz CT molecular complexity index is 1310. The maximum atomic E-state index is 13.9. The molecule has 4 rings (SSSR count). The second-order valence-electron chi connectivity index (χ2n) is 7.33. The van der Waals surface area contributed by atoms with Gasteiger partial charge in [0.25, 0.3) is 11.8 Å². The lowest BCUT2D eigenvalue weighted by Crippen LogP contribution is -2.32. The van der Waals surface area contributed by atoms with Crippen LogP contribution in [0.2, 0.25) is 5.02 Å². The third kappa shape index (κ3) is 4.15. The monoisotopic (exact) mass is 466 g/mol. The highest BCUT2D eigenvalue weighted by molar-refractivity contribution is 6.46. The van der Waals surface area contributed by atoms with E-state index in [1.165, 1.54) is 32.4 Å². The first kappa shape index (κ1) is 22.4. The summed E-state index contributed by atoms with van der Waals surface area (Å²) < 4.78 is 24.5. The van der Waals surface area contributed by atoms with Crippen LogP contribution in [-0.4, -0.2) is 26.0 Å². The molecule has 1 heterocycles. The van der Waals surface area contributed by atoms with E-state index >= 15 is 0 Å². The molecule has 0 unspecified atom stereocenters. The van der Waals surface area contributed by atoms with Crippen LogP contribution in [0.5, 0.6) is 11.5 Å². The van der Waals surface area contributed by atoms with Gasteiger partial charge >= 0.3 is 0 Å². The largest absolute Gasteiger partial charge is 0.493 e. The maximum absolute atomic E-state index is 13.9. The van der Waals surface area contributed by atoms with Crippen LogP contribution in [0.3, 0.4) is 0 Å². The molecule has 2 amide bonds. The maximum Gasteiger partial charge on any atom is 0.282 e. The van der Waals surface area contributed by atoms with E-state index in [4.69, 9.17) is 21.1 Å². The molecule has 0 saturated heterocycles. The van der Waals surface area contributed by atoms with Crippen LogP contribution in [-0.2, 0) is 9.59 Å². The van der Waals surface area contributed by atoms with E-state index in [-0.39, 0.29) is 17.0 Å². The van der Waals surface area contributed by atoms with Gasteiger partial charge < -0.3 is 14.8 Å². The van der Waals surface area contributed by atoms with Crippen molar-refractivity contribution in [1.29, 1.82) is 0 Å². The predicted molar refractivity (Wildman–Crippen MR) is 125 cm³/mol. The number of methoxy groups -OCH3 is 2. The minimum Gasteiger partial charge on any atom is -0.493 e. The van der Waals surface area contributed by atoms with E-state index in [9.17, 15) is 14.0 Å². The van der Waals surface area contributed by atoms with Crippen LogP contribution in [0.1, 0.15) is 11.1 Å². The van der Waals surface area contributed by atoms with E-state index in [0.717, 1.165) is 16.5 Å². The Morgan fingerprint density at radius 3 is 2.36 bits per heavy atom. The first-order valence-electron chi connectivity index (χ1n) is 9.98. The van der Waals surface area contributed by atoms with Gasteiger partial charge in [0.05, 0.1) is 25.5 Å². The average molecular weight is 467 g/mol. The SMILES string of the molecule is COc1ccc(C2=C(Nc3cc(Cl)ccc3C)C(=O)N(c3cccc(F)c3)C2=O)cc1OC. The molecule has 1 aliphatic rings. The van der Waals surface area contributed by atoms with Gasteiger partial charge in [0.1, 0.15) is 11.5 Å². The third-order valence-electron chi connectivity index (χ3n) is 5.28. The van der Waals surface area contributed by atoms with Crippen molar-refractivity contribution in [2.75, 3.05) is 24.4 Å². The summed E-state index contributed by atoms with van der Waals surface area (Å²) in [5.74, 6) is -0.909. The van der Waals surface area contributed by atoms with E-state index < -0.39 is 17.6 Å². The first-order chi connectivity index (χ1) is 15.8. The molecule has 1 N–H and O–H groups in total. The average Bonchev–Trinajstić information content (AvgIpc) is 3.05. The number of rotatable bonds is 6. The van der Waals surface area contributed by atoms with Gasteiger partial charge in [0.15, 0.2) is 11.5 Å². The van der Waals surface area contributed by atoms with E-state index in [1.807, 2.05) is 6.92 Å². The lowest BCUT2D eigenvalue weighted by Gasteiger charge is -2.16. The number of benzene rings is 3. The van der Waals surface area contributed by atoms with Crippen molar-refractivity contribution in [2.24, 2.45) is 0 Å². The Labute approximate surface area is 195 Å². The van der Waals surface area contributed by atoms with Crippen molar-refractivity contribution in [1.82, 2.24) is 0 Å². The third-order valence-corrected chi connectivity index (χ3v) is 5.52. The molecule has 0 saturated carbocycles. The van der Waals surface area contributed by atoms with Gasteiger partial charge in [-0.25, -0.2) is 9.29 Å². The van der Waals surface area contributed by atoms with Crippen molar-refractivity contribution in [3.8, 4) is 11.5 Å². The second-order valence-corrected chi connectivity index (χ2v) is 7.77. The number of carbonyl (C=O) groups excluding carboxylic acids is 2. The van der Waals surface area contributed by atoms with Crippen LogP contribution in [0.25, 0.3) is 5.57 Å². The quantitative estimate of drug-likeness (QED) is 0.506. The minimum atomic E-state index is -0.616. The standard InChI is InChI=1S/C25H20ClFN2O4/c1-14-7-9-16(26)12-19(14)28-23-22(15-8-10-20(32-2)21(11-15)33-3)24(30)29(25(23)31)18-6-4-5-17(27)13-18/h4-13,28H,1-3H3. The van der Waals surface area contributed by atoms with E-state index in [2.05, 4.69) is 5.32 Å². The minimum absolute atomic E-state index is 0.0434. The lowest BCUT2D eigenvalue weighted by molar-refractivity contribution is -0.120. The highest BCUT2D eigenvalue weighted by atomic mass is 35.5. The number of nitrogens with zero attached hydrogens (tertiary/aromatic N) is 1. The summed E-state index contributed by atoms with van der Waals surface area (Å²) in [6, 6.07) is 15.4. The Morgan fingerprint density at radius 1 is 0.909 bits per heavy atom. The van der Waals surface area contributed by atoms with Crippen molar-refractivity contribution in [3.63, 3.8) is 0 Å². The molecular weight excluding hydrogens is 447 g/mol. The van der Waals surface area contributed by atoms with Crippen molar-refractivity contribution >= 4 is 40.4 Å². The van der Waals surface area contributed by atoms with Crippen molar-refractivity contribution in [2.45, 2.75) is 6.92 Å². The smallest absolute Gasteiger partial charge is 0.282 e. The Balaban J connectivity index is 1.88. The fourth-order valence-electron chi connectivity index (χ4n) is 3.62. The van der Waals surface area contributed by atoms with Crippen LogP contribution in [0.4, 0.5) is 15.8 Å². The van der Waals surface area contributed by atoms with Gasteiger partial charge in [-0.1, -0.05) is 29.8 Å². The fourth-order valence-corrected chi connectivity index (χ4v) is 3.79. The molecule has 3 aromatic rings. The number of ether oxygens (including phenoxy) is 2. The zero-order chi connectivity index (χ0) is 23.7. The first-order valence-corrected chi connectivity index (χ1v) is 10.4. The zero-order valence-corrected chi connectivity index (χ0v) is 18.9.